The zero-order valence-corrected chi connectivity index (χ0v) is 12.1. The number of aryl methyl sites for hydroxylation is 1. The minimum absolute atomic E-state index is 0.303. The lowest BCUT2D eigenvalue weighted by atomic mass is 10.1. The number of nitrogens with one attached hydrogen (secondary N) is 1. The topological polar surface area (TPSA) is 42.7 Å². The first-order chi connectivity index (χ1) is 9.08. The third-order valence-corrected chi connectivity index (χ3v) is 3.24. The number of rotatable bonds is 5. The molecule has 2 rings (SSSR count). The van der Waals surface area contributed by atoms with Crippen molar-refractivity contribution < 1.29 is 0 Å². The molecule has 0 aliphatic carbocycles. The average Bonchev–Trinajstić information content (AvgIpc) is 2.84. The molecule has 1 heterocycles. The summed E-state index contributed by atoms with van der Waals surface area (Å²) in [7, 11) is 0. The summed E-state index contributed by atoms with van der Waals surface area (Å²) >= 11 is 0. The highest BCUT2D eigenvalue weighted by molar-refractivity contribution is 5.24. The second-order valence-corrected chi connectivity index (χ2v) is 5.23. The molecule has 0 unspecified atom stereocenters. The number of hydrogen-bond acceptors (Lipinski definition) is 3. The van der Waals surface area contributed by atoms with Gasteiger partial charge in [0.25, 0.3) is 0 Å². The van der Waals surface area contributed by atoms with Gasteiger partial charge in [-0.05, 0) is 33.3 Å². The molecule has 0 spiro atoms. The molecule has 4 nitrogen and oxygen atoms in total. The highest BCUT2D eigenvalue weighted by atomic mass is 15.4. The van der Waals surface area contributed by atoms with Gasteiger partial charge >= 0.3 is 0 Å². The van der Waals surface area contributed by atoms with Gasteiger partial charge in [-0.1, -0.05) is 29.8 Å². The smallest absolute Gasteiger partial charge is 0.141 e. The Balaban J connectivity index is 2.00. The molecule has 0 saturated carbocycles. The van der Waals surface area contributed by atoms with Crippen LogP contribution in [0.4, 0.5) is 0 Å². The van der Waals surface area contributed by atoms with Gasteiger partial charge in [-0.3, -0.25) is 0 Å². The van der Waals surface area contributed by atoms with Crippen LogP contribution in [0.3, 0.4) is 0 Å². The van der Waals surface area contributed by atoms with Crippen molar-refractivity contribution in [1.29, 1.82) is 0 Å². The fourth-order valence-corrected chi connectivity index (χ4v) is 2.13. The van der Waals surface area contributed by atoms with Gasteiger partial charge in [0.05, 0.1) is 6.54 Å². The number of hydrogen-bond donors (Lipinski definition) is 1. The summed E-state index contributed by atoms with van der Waals surface area (Å²) in [5.74, 6) is 0.981. The standard InChI is InChI=1S/C15H22N4/c1-11(2)19-15(17-10-18-19)9-16-13(4)14-7-5-6-12(3)8-14/h5-8,10-11,13,16H,9H2,1-4H3/t13-/m1/s1. The van der Waals surface area contributed by atoms with Crippen LogP contribution in [0.15, 0.2) is 30.6 Å². The summed E-state index contributed by atoms with van der Waals surface area (Å²) in [6.07, 6.45) is 1.62. The zero-order valence-electron chi connectivity index (χ0n) is 12.1. The van der Waals surface area contributed by atoms with Gasteiger partial charge in [0, 0.05) is 12.1 Å². The maximum absolute atomic E-state index is 4.31. The molecular weight excluding hydrogens is 236 g/mol. The largest absolute Gasteiger partial charge is 0.303 e. The molecule has 2 aromatic rings. The summed E-state index contributed by atoms with van der Waals surface area (Å²) in [6.45, 7) is 9.24. The Labute approximate surface area is 114 Å². The second-order valence-electron chi connectivity index (χ2n) is 5.23. The highest BCUT2D eigenvalue weighted by Gasteiger charge is 2.10. The van der Waals surface area contributed by atoms with Crippen molar-refractivity contribution in [1.82, 2.24) is 20.1 Å². The Hall–Kier alpha value is -1.68. The molecule has 0 bridgehead atoms. The molecule has 0 aliphatic heterocycles. The maximum atomic E-state index is 4.31. The van der Waals surface area contributed by atoms with Crippen molar-refractivity contribution in [3.05, 3.63) is 47.5 Å². The minimum Gasteiger partial charge on any atom is -0.303 e. The maximum Gasteiger partial charge on any atom is 0.141 e. The third kappa shape index (κ3) is 3.41. The van der Waals surface area contributed by atoms with Gasteiger partial charge in [-0.15, -0.1) is 0 Å². The zero-order chi connectivity index (χ0) is 13.8. The van der Waals surface area contributed by atoms with Crippen molar-refractivity contribution in [2.24, 2.45) is 0 Å². The molecule has 0 amide bonds. The van der Waals surface area contributed by atoms with Crippen LogP contribution in [0.2, 0.25) is 0 Å². The van der Waals surface area contributed by atoms with Crippen molar-refractivity contribution in [2.75, 3.05) is 0 Å². The number of aromatic nitrogens is 3. The van der Waals surface area contributed by atoms with Crippen LogP contribution in [-0.2, 0) is 6.54 Å². The Bertz CT molecular complexity index is 530. The van der Waals surface area contributed by atoms with E-state index in [1.165, 1.54) is 11.1 Å². The van der Waals surface area contributed by atoms with Gasteiger partial charge in [0.2, 0.25) is 0 Å². The molecule has 0 radical (unpaired) electrons. The summed E-state index contributed by atoms with van der Waals surface area (Å²) in [5, 5.41) is 7.75. The fraction of sp³-hybridized carbons (Fsp3) is 0.467. The normalized spacial score (nSPS) is 12.9. The van der Waals surface area contributed by atoms with Crippen LogP contribution in [0.25, 0.3) is 0 Å². The van der Waals surface area contributed by atoms with Crippen LogP contribution in [0, 0.1) is 6.92 Å². The van der Waals surface area contributed by atoms with Gasteiger partial charge in [0.15, 0.2) is 0 Å². The van der Waals surface area contributed by atoms with Crippen molar-refractivity contribution in [3.63, 3.8) is 0 Å². The van der Waals surface area contributed by atoms with E-state index < -0.39 is 0 Å². The van der Waals surface area contributed by atoms with E-state index in [2.05, 4.69) is 67.4 Å². The van der Waals surface area contributed by atoms with E-state index >= 15 is 0 Å². The van der Waals surface area contributed by atoms with E-state index in [4.69, 9.17) is 0 Å². The fourth-order valence-electron chi connectivity index (χ4n) is 2.13. The van der Waals surface area contributed by atoms with Crippen molar-refractivity contribution in [2.45, 2.75) is 46.3 Å². The van der Waals surface area contributed by atoms with E-state index in [0.717, 1.165) is 12.4 Å². The summed E-state index contributed by atoms with van der Waals surface area (Å²) in [6, 6.07) is 9.22. The first-order valence-electron chi connectivity index (χ1n) is 6.76. The van der Waals surface area contributed by atoms with Crippen LogP contribution < -0.4 is 5.32 Å². The predicted molar refractivity (Wildman–Crippen MR) is 76.8 cm³/mol. The Morgan fingerprint density at radius 3 is 2.74 bits per heavy atom. The van der Waals surface area contributed by atoms with Gasteiger partial charge < -0.3 is 5.32 Å². The molecule has 19 heavy (non-hydrogen) atoms. The monoisotopic (exact) mass is 258 g/mol. The van der Waals surface area contributed by atoms with Crippen LogP contribution >= 0.6 is 0 Å². The predicted octanol–water partition coefficient (Wildman–Crippen LogP) is 3.02. The van der Waals surface area contributed by atoms with Crippen LogP contribution in [-0.4, -0.2) is 14.8 Å². The lowest BCUT2D eigenvalue weighted by molar-refractivity contribution is 0.473. The molecule has 0 aliphatic rings. The SMILES string of the molecule is Cc1cccc([C@@H](C)NCc2ncnn2C(C)C)c1. The second kappa shape index (κ2) is 5.97. The third-order valence-electron chi connectivity index (χ3n) is 3.24. The molecule has 1 atom stereocenters. The van der Waals surface area contributed by atoms with E-state index in [1.807, 2.05) is 4.68 Å². The molecule has 102 valence electrons. The molecule has 1 aromatic carbocycles. The van der Waals surface area contributed by atoms with E-state index in [9.17, 15) is 0 Å². The van der Waals surface area contributed by atoms with Gasteiger partial charge in [-0.2, -0.15) is 5.10 Å². The molecule has 1 aromatic heterocycles. The Morgan fingerprint density at radius 1 is 1.26 bits per heavy atom. The van der Waals surface area contributed by atoms with E-state index in [-0.39, 0.29) is 0 Å². The first-order valence-corrected chi connectivity index (χ1v) is 6.76. The minimum atomic E-state index is 0.303. The van der Waals surface area contributed by atoms with E-state index in [1.54, 1.807) is 6.33 Å². The number of nitrogens with zero attached hydrogens (tertiary/aromatic N) is 3. The van der Waals surface area contributed by atoms with E-state index in [0.29, 0.717) is 12.1 Å². The molecule has 0 fully saturated rings. The van der Waals surface area contributed by atoms with Crippen LogP contribution in [0.5, 0.6) is 0 Å². The molecule has 4 heteroatoms. The average molecular weight is 258 g/mol. The first kappa shape index (κ1) is 13.7. The van der Waals surface area contributed by atoms with Gasteiger partial charge in [0.1, 0.15) is 12.2 Å². The molecule has 1 N–H and O–H groups in total. The summed E-state index contributed by atoms with van der Waals surface area (Å²) in [5.41, 5.74) is 2.59. The highest BCUT2D eigenvalue weighted by Crippen LogP contribution is 2.14. The lowest BCUT2D eigenvalue weighted by Gasteiger charge is -2.16. The van der Waals surface area contributed by atoms with Crippen molar-refractivity contribution in [3.8, 4) is 0 Å². The van der Waals surface area contributed by atoms with Crippen molar-refractivity contribution >= 4 is 0 Å². The van der Waals surface area contributed by atoms with Gasteiger partial charge in [-0.25, -0.2) is 9.67 Å². The Kier molecular flexibility index (Phi) is 4.32. The summed E-state index contributed by atoms with van der Waals surface area (Å²) < 4.78 is 1.95. The lowest BCUT2D eigenvalue weighted by Crippen LogP contribution is -2.21. The number of benzene rings is 1. The summed E-state index contributed by atoms with van der Waals surface area (Å²) in [4.78, 5) is 4.31. The molecular formula is C15H22N4. The quantitative estimate of drug-likeness (QED) is 0.896. The Morgan fingerprint density at radius 2 is 2.05 bits per heavy atom. The molecule has 0 saturated heterocycles. The van der Waals surface area contributed by atoms with Crippen LogP contribution in [0.1, 0.15) is 49.8 Å².